The van der Waals surface area contributed by atoms with Crippen LogP contribution in [0.15, 0.2) is 0 Å². The van der Waals surface area contributed by atoms with Crippen molar-refractivity contribution in [3.8, 4) is 0 Å². The largest absolute Gasteiger partial charge is 0.312 e. The van der Waals surface area contributed by atoms with Crippen LogP contribution in [0.2, 0.25) is 0 Å². The summed E-state index contributed by atoms with van der Waals surface area (Å²) in [4.78, 5) is 5.11. The molecule has 0 aromatic heterocycles. The third kappa shape index (κ3) is 4.67. The smallest absolute Gasteiger partial charge is 0.0278 e. The minimum atomic E-state index is 0.278. The van der Waals surface area contributed by atoms with Crippen molar-refractivity contribution in [3.63, 3.8) is 0 Å². The van der Waals surface area contributed by atoms with Gasteiger partial charge < -0.3 is 10.2 Å². The van der Waals surface area contributed by atoms with E-state index >= 15 is 0 Å². The molecule has 3 nitrogen and oxygen atoms in total. The van der Waals surface area contributed by atoms with Gasteiger partial charge in [-0.25, -0.2) is 0 Å². The number of rotatable bonds is 5. The van der Waals surface area contributed by atoms with Gasteiger partial charge in [0.05, 0.1) is 0 Å². The highest BCUT2D eigenvalue weighted by atomic mass is 15.3. The zero-order chi connectivity index (χ0) is 15.5. The predicted molar refractivity (Wildman–Crippen MR) is 91.7 cm³/mol. The fourth-order valence-electron chi connectivity index (χ4n) is 4.12. The summed E-state index contributed by atoms with van der Waals surface area (Å²) < 4.78 is 0. The van der Waals surface area contributed by atoms with Crippen molar-refractivity contribution in [1.82, 2.24) is 15.1 Å². The van der Waals surface area contributed by atoms with Crippen LogP contribution < -0.4 is 5.32 Å². The molecule has 0 amide bonds. The summed E-state index contributed by atoms with van der Waals surface area (Å²) in [7, 11) is 2.23. The normalized spacial score (nSPS) is 30.0. The molecule has 2 rings (SSSR count). The number of piperazine rings is 1. The lowest BCUT2D eigenvalue weighted by Gasteiger charge is -2.45. The molecule has 0 aromatic carbocycles. The summed E-state index contributed by atoms with van der Waals surface area (Å²) >= 11 is 0. The van der Waals surface area contributed by atoms with Crippen LogP contribution in [0.25, 0.3) is 0 Å². The van der Waals surface area contributed by atoms with E-state index in [2.05, 4.69) is 49.9 Å². The molecule has 2 fully saturated rings. The van der Waals surface area contributed by atoms with Gasteiger partial charge in [0.25, 0.3) is 0 Å². The Kier molecular flexibility index (Phi) is 6.10. The van der Waals surface area contributed by atoms with E-state index in [-0.39, 0.29) is 5.54 Å². The molecule has 2 aliphatic rings. The molecule has 124 valence electrons. The Morgan fingerprint density at radius 2 is 1.67 bits per heavy atom. The van der Waals surface area contributed by atoms with Crippen molar-refractivity contribution in [2.75, 3.05) is 39.8 Å². The molecule has 1 saturated heterocycles. The van der Waals surface area contributed by atoms with Gasteiger partial charge in [-0.2, -0.15) is 0 Å². The summed E-state index contributed by atoms with van der Waals surface area (Å²) in [6, 6.07) is 0.741. The first-order chi connectivity index (χ1) is 9.90. The van der Waals surface area contributed by atoms with E-state index in [0.29, 0.717) is 0 Å². The van der Waals surface area contributed by atoms with Gasteiger partial charge >= 0.3 is 0 Å². The number of nitrogens with zero attached hydrogens (tertiary/aromatic N) is 2. The Bertz CT molecular complexity index is 306. The minimum absolute atomic E-state index is 0.278. The molecule has 0 spiro atoms. The van der Waals surface area contributed by atoms with Gasteiger partial charge in [0.1, 0.15) is 0 Å². The maximum Gasteiger partial charge on any atom is 0.0278 e. The molecule has 2 unspecified atom stereocenters. The maximum absolute atomic E-state index is 3.95. The third-order valence-electron chi connectivity index (χ3n) is 5.83. The highest BCUT2D eigenvalue weighted by molar-refractivity contribution is 4.90. The van der Waals surface area contributed by atoms with Crippen LogP contribution in [-0.4, -0.2) is 61.2 Å². The SMILES string of the molecule is CC(C)C1CCCCC1NCC(C)(C)N1CCN(C)CC1. The summed E-state index contributed by atoms with van der Waals surface area (Å²) in [6.45, 7) is 15.6. The van der Waals surface area contributed by atoms with E-state index < -0.39 is 0 Å². The van der Waals surface area contributed by atoms with Gasteiger partial charge in [-0.1, -0.05) is 26.7 Å². The predicted octanol–water partition coefficient (Wildman–Crippen LogP) is 2.82. The second kappa shape index (κ2) is 7.43. The quantitative estimate of drug-likeness (QED) is 0.841. The first-order valence-electron chi connectivity index (χ1n) is 9.07. The monoisotopic (exact) mass is 295 g/mol. The molecule has 1 N–H and O–H groups in total. The lowest BCUT2D eigenvalue weighted by Crippen LogP contribution is -2.59. The zero-order valence-corrected chi connectivity index (χ0v) is 15.0. The first kappa shape index (κ1) is 17.2. The van der Waals surface area contributed by atoms with Gasteiger partial charge in [0, 0.05) is 44.3 Å². The molecule has 1 aliphatic carbocycles. The molecular weight excluding hydrogens is 258 g/mol. The van der Waals surface area contributed by atoms with Crippen LogP contribution in [0.4, 0.5) is 0 Å². The topological polar surface area (TPSA) is 18.5 Å². The van der Waals surface area contributed by atoms with Crippen molar-refractivity contribution in [2.24, 2.45) is 11.8 Å². The molecule has 1 heterocycles. The van der Waals surface area contributed by atoms with Crippen molar-refractivity contribution in [3.05, 3.63) is 0 Å². The average Bonchev–Trinajstić information content (AvgIpc) is 2.46. The van der Waals surface area contributed by atoms with Crippen LogP contribution >= 0.6 is 0 Å². The summed E-state index contributed by atoms with van der Waals surface area (Å²) in [5, 5.41) is 3.95. The third-order valence-corrected chi connectivity index (χ3v) is 5.83. The Hall–Kier alpha value is -0.120. The number of hydrogen-bond acceptors (Lipinski definition) is 3. The summed E-state index contributed by atoms with van der Waals surface area (Å²) in [6.07, 6.45) is 5.64. The van der Waals surface area contributed by atoms with Crippen LogP contribution in [0.3, 0.4) is 0 Å². The Morgan fingerprint density at radius 3 is 2.29 bits per heavy atom. The fraction of sp³-hybridized carbons (Fsp3) is 1.00. The van der Waals surface area contributed by atoms with Gasteiger partial charge in [-0.15, -0.1) is 0 Å². The van der Waals surface area contributed by atoms with E-state index in [4.69, 9.17) is 0 Å². The van der Waals surface area contributed by atoms with Crippen molar-refractivity contribution < 1.29 is 0 Å². The van der Waals surface area contributed by atoms with E-state index in [1.807, 2.05) is 0 Å². The maximum atomic E-state index is 3.95. The Balaban J connectivity index is 1.85. The number of nitrogens with one attached hydrogen (secondary N) is 1. The molecule has 21 heavy (non-hydrogen) atoms. The van der Waals surface area contributed by atoms with Crippen LogP contribution in [0.1, 0.15) is 53.4 Å². The number of likely N-dealkylation sites (N-methyl/N-ethyl adjacent to an activating group) is 1. The lowest BCUT2D eigenvalue weighted by molar-refractivity contribution is 0.0555. The van der Waals surface area contributed by atoms with Crippen molar-refractivity contribution in [2.45, 2.75) is 65.0 Å². The molecule has 2 atom stereocenters. The van der Waals surface area contributed by atoms with Crippen LogP contribution in [0.5, 0.6) is 0 Å². The summed E-state index contributed by atoms with van der Waals surface area (Å²) in [5.41, 5.74) is 0.278. The minimum Gasteiger partial charge on any atom is -0.312 e. The molecule has 0 bridgehead atoms. The Morgan fingerprint density at radius 1 is 1.05 bits per heavy atom. The fourth-order valence-corrected chi connectivity index (χ4v) is 4.12. The van der Waals surface area contributed by atoms with Gasteiger partial charge in [-0.05, 0) is 45.6 Å². The van der Waals surface area contributed by atoms with E-state index in [9.17, 15) is 0 Å². The second-order valence-corrected chi connectivity index (χ2v) is 8.28. The summed E-state index contributed by atoms with van der Waals surface area (Å²) in [5.74, 6) is 1.69. The average molecular weight is 296 g/mol. The standard InChI is InChI=1S/C18H37N3/c1-15(2)16-8-6-7-9-17(16)19-14-18(3,4)21-12-10-20(5)11-13-21/h15-17,19H,6-14H2,1-5H3. The second-order valence-electron chi connectivity index (χ2n) is 8.28. The van der Waals surface area contributed by atoms with Crippen LogP contribution in [-0.2, 0) is 0 Å². The van der Waals surface area contributed by atoms with E-state index in [1.165, 1.54) is 51.9 Å². The highest BCUT2D eigenvalue weighted by Crippen LogP contribution is 2.30. The van der Waals surface area contributed by atoms with E-state index in [1.54, 1.807) is 0 Å². The molecule has 0 radical (unpaired) electrons. The van der Waals surface area contributed by atoms with Crippen molar-refractivity contribution >= 4 is 0 Å². The first-order valence-corrected chi connectivity index (χ1v) is 9.07. The zero-order valence-electron chi connectivity index (χ0n) is 15.0. The van der Waals surface area contributed by atoms with Crippen molar-refractivity contribution in [1.29, 1.82) is 0 Å². The van der Waals surface area contributed by atoms with Gasteiger partial charge in [0.15, 0.2) is 0 Å². The Labute approximate surface area is 132 Å². The van der Waals surface area contributed by atoms with Gasteiger partial charge in [-0.3, -0.25) is 4.90 Å². The molecule has 1 saturated carbocycles. The lowest BCUT2D eigenvalue weighted by atomic mass is 9.77. The highest BCUT2D eigenvalue weighted by Gasteiger charge is 2.32. The number of hydrogen-bond donors (Lipinski definition) is 1. The molecular formula is C18H37N3. The van der Waals surface area contributed by atoms with Crippen LogP contribution in [0, 0.1) is 11.8 Å². The van der Waals surface area contributed by atoms with Gasteiger partial charge in [0.2, 0.25) is 0 Å². The molecule has 0 aromatic rings. The van der Waals surface area contributed by atoms with E-state index in [0.717, 1.165) is 24.4 Å². The molecule has 3 heteroatoms. The molecule has 1 aliphatic heterocycles.